The fraction of sp³-hybridized carbons (Fsp3) is 0.333. The van der Waals surface area contributed by atoms with Crippen LogP contribution < -0.4 is 0 Å². The molecular weight excluding hydrogens is 196 g/mol. The van der Waals surface area contributed by atoms with Crippen LogP contribution in [0.2, 0.25) is 0 Å². The first-order valence-corrected chi connectivity index (χ1v) is 5.79. The van der Waals surface area contributed by atoms with Gasteiger partial charge in [0.15, 0.2) is 0 Å². The zero-order chi connectivity index (χ0) is 11.4. The lowest BCUT2D eigenvalue weighted by Gasteiger charge is -2.16. The Kier molecular flexibility index (Phi) is 3.58. The summed E-state index contributed by atoms with van der Waals surface area (Å²) >= 11 is 0. The molecule has 0 aliphatic carbocycles. The van der Waals surface area contributed by atoms with Gasteiger partial charge in [0.05, 0.1) is 12.2 Å². The molecule has 0 N–H and O–H groups in total. The van der Waals surface area contributed by atoms with Crippen LogP contribution in [-0.2, 0) is 4.74 Å². The topological polar surface area (TPSA) is 9.23 Å². The van der Waals surface area contributed by atoms with E-state index in [4.69, 9.17) is 4.74 Å². The zero-order valence-corrected chi connectivity index (χ0v) is 9.51. The molecule has 0 unspecified atom stereocenters. The molecule has 0 bridgehead atoms. The molecule has 1 aromatic rings. The van der Waals surface area contributed by atoms with Crippen LogP contribution in [0.3, 0.4) is 0 Å². The first-order valence-electron chi connectivity index (χ1n) is 5.79. The molecule has 1 nitrogen and oxygen atoms in total. The average molecular weight is 214 g/mol. The largest absolute Gasteiger partial charge is 0.370 e. The van der Waals surface area contributed by atoms with E-state index < -0.39 is 0 Å². The lowest BCUT2D eigenvalue weighted by atomic mass is 9.89. The second-order valence-electron chi connectivity index (χ2n) is 4.23. The summed E-state index contributed by atoms with van der Waals surface area (Å²) in [4.78, 5) is 0. The summed E-state index contributed by atoms with van der Waals surface area (Å²) in [7, 11) is 0. The Labute approximate surface area is 97.4 Å². The zero-order valence-electron chi connectivity index (χ0n) is 9.51. The highest BCUT2D eigenvalue weighted by Crippen LogP contribution is 2.37. The molecule has 0 aromatic heterocycles. The van der Waals surface area contributed by atoms with Crippen molar-refractivity contribution in [3.05, 3.63) is 61.2 Å². The Morgan fingerprint density at radius 1 is 1.25 bits per heavy atom. The van der Waals surface area contributed by atoms with E-state index in [0.29, 0.717) is 5.92 Å². The Hall–Kier alpha value is -1.34. The molecule has 1 heterocycles. The van der Waals surface area contributed by atoms with E-state index in [2.05, 4.69) is 37.4 Å². The molecule has 84 valence electrons. The number of ether oxygens (including phenoxy) is 1. The van der Waals surface area contributed by atoms with Crippen LogP contribution in [0.1, 0.15) is 24.3 Å². The average Bonchev–Trinajstić information content (AvgIpc) is 2.74. The van der Waals surface area contributed by atoms with Crippen molar-refractivity contribution in [2.24, 2.45) is 0 Å². The van der Waals surface area contributed by atoms with Crippen LogP contribution in [0, 0.1) is 0 Å². The van der Waals surface area contributed by atoms with Crippen molar-refractivity contribution < 1.29 is 4.74 Å². The molecule has 1 aliphatic heterocycles. The Morgan fingerprint density at radius 3 is 2.62 bits per heavy atom. The Morgan fingerprint density at radius 2 is 2.00 bits per heavy atom. The summed E-state index contributed by atoms with van der Waals surface area (Å²) in [5.41, 5.74) is 1.36. The van der Waals surface area contributed by atoms with E-state index in [1.807, 2.05) is 18.2 Å². The van der Waals surface area contributed by atoms with Crippen LogP contribution >= 0.6 is 0 Å². The SMILES string of the molecule is C=CC[C@@H]1O[C@@H](C=C)C[C@H]1c1ccccc1. The third-order valence-electron chi connectivity index (χ3n) is 3.17. The van der Waals surface area contributed by atoms with Crippen molar-refractivity contribution >= 4 is 0 Å². The summed E-state index contributed by atoms with van der Waals surface area (Å²) in [5.74, 6) is 0.474. The third-order valence-corrected chi connectivity index (χ3v) is 3.17. The van der Waals surface area contributed by atoms with Gasteiger partial charge in [0, 0.05) is 5.92 Å². The van der Waals surface area contributed by atoms with Crippen molar-refractivity contribution in [2.45, 2.75) is 31.0 Å². The number of hydrogen-bond acceptors (Lipinski definition) is 1. The lowest BCUT2D eigenvalue weighted by Crippen LogP contribution is -2.13. The molecule has 3 atom stereocenters. The van der Waals surface area contributed by atoms with Gasteiger partial charge < -0.3 is 4.74 Å². The second kappa shape index (κ2) is 5.13. The van der Waals surface area contributed by atoms with Crippen molar-refractivity contribution in [1.82, 2.24) is 0 Å². The monoisotopic (exact) mass is 214 g/mol. The molecule has 16 heavy (non-hydrogen) atoms. The fourth-order valence-electron chi connectivity index (χ4n) is 2.36. The van der Waals surface area contributed by atoms with Crippen LogP contribution in [0.5, 0.6) is 0 Å². The number of hydrogen-bond donors (Lipinski definition) is 0. The van der Waals surface area contributed by atoms with Gasteiger partial charge in [-0.3, -0.25) is 0 Å². The number of rotatable bonds is 4. The van der Waals surface area contributed by atoms with Gasteiger partial charge in [0.1, 0.15) is 0 Å². The smallest absolute Gasteiger partial charge is 0.0764 e. The van der Waals surface area contributed by atoms with E-state index in [9.17, 15) is 0 Å². The highest BCUT2D eigenvalue weighted by Gasteiger charge is 2.33. The van der Waals surface area contributed by atoms with Crippen molar-refractivity contribution in [3.8, 4) is 0 Å². The van der Waals surface area contributed by atoms with E-state index in [-0.39, 0.29) is 12.2 Å². The van der Waals surface area contributed by atoms with Crippen LogP contribution in [-0.4, -0.2) is 12.2 Å². The standard InChI is InChI=1S/C15H18O/c1-3-8-15-14(11-13(4-2)16-15)12-9-6-5-7-10-12/h3-7,9-10,13-15H,1-2,8,11H2/t13-,14-,15-/m0/s1. The predicted octanol–water partition coefficient (Wildman–Crippen LogP) is 3.69. The molecule has 0 radical (unpaired) electrons. The molecule has 0 amide bonds. The highest BCUT2D eigenvalue weighted by atomic mass is 16.5. The normalized spacial score (nSPS) is 28.9. The highest BCUT2D eigenvalue weighted by molar-refractivity contribution is 5.23. The van der Waals surface area contributed by atoms with Gasteiger partial charge in [-0.2, -0.15) is 0 Å². The van der Waals surface area contributed by atoms with Gasteiger partial charge in [-0.15, -0.1) is 13.2 Å². The van der Waals surface area contributed by atoms with Gasteiger partial charge in [-0.25, -0.2) is 0 Å². The van der Waals surface area contributed by atoms with Gasteiger partial charge in [-0.1, -0.05) is 42.5 Å². The summed E-state index contributed by atoms with van der Waals surface area (Å²) in [6.45, 7) is 7.61. The third kappa shape index (κ3) is 2.25. The summed E-state index contributed by atoms with van der Waals surface area (Å²) in [6.07, 6.45) is 6.22. The summed E-state index contributed by atoms with van der Waals surface area (Å²) in [6, 6.07) is 10.6. The first kappa shape index (κ1) is 11.2. The summed E-state index contributed by atoms with van der Waals surface area (Å²) in [5, 5.41) is 0. The Balaban J connectivity index is 2.18. The molecular formula is C15H18O. The van der Waals surface area contributed by atoms with Crippen molar-refractivity contribution in [2.75, 3.05) is 0 Å². The maximum absolute atomic E-state index is 5.93. The van der Waals surface area contributed by atoms with Crippen LogP contribution in [0.15, 0.2) is 55.6 Å². The molecule has 1 heteroatoms. The van der Waals surface area contributed by atoms with Gasteiger partial charge in [0.25, 0.3) is 0 Å². The van der Waals surface area contributed by atoms with E-state index in [0.717, 1.165) is 12.8 Å². The predicted molar refractivity (Wildman–Crippen MR) is 67.5 cm³/mol. The van der Waals surface area contributed by atoms with Crippen molar-refractivity contribution in [3.63, 3.8) is 0 Å². The summed E-state index contributed by atoms with van der Waals surface area (Å²) < 4.78 is 5.93. The molecule has 2 rings (SSSR count). The van der Waals surface area contributed by atoms with Gasteiger partial charge >= 0.3 is 0 Å². The Bertz CT molecular complexity index is 355. The first-order chi connectivity index (χ1) is 7.85. The minimum Gasteiger partial charge on any atom is -0.370 e. The van der Waals surface area contributed by atoms with E-state index in [1.54, 1.807) is 0 Å². The molecule has 1 aromatic carbocycles. The fourth-order valence-corrected chi connectivity index (χ4v) is 2.36. The maximum Gasteiger partial charge on any atom is 0.0764 e. The quantitative estimate of drug-likeness (QED) is 0.694. The van der Waals surface area contributed by atoms with Gasteiger partial charge in [-0.05, 0) is 18.4 Å². The minimum absolute atomic E-state index is 0.190. The van der Waals surface area contributed by atoms with Crippen LogP contribution in [0.4, 0.5) is 0 Å². The number of benzene rings is 1. The molecule has 0 spiro atoms. The van der Waals surface area contributed by atoms with Crippen LogP contribution in [0.25, 0.3) is 0 Å². The molecule has 1 saturated heterocycles. The molecule has 1 fully saturated rings. The minimum atomic E-state index is 0.190. The van der Waals surface area contributed by atoms with Crippen molar-refractivity contribution in [1.29, 1.82) is 0 Å². The van der Waals surface area contributed by atoms with E-state index >= 15 is 0 Å². The second-order valence-corrected chi connectivity index (χ2v) is 4.23. The van der Waals surface area contributed by atoms with Gasteiger partial charge in [0.2, 0.25) is 0 Å². The lowest BCUT2D eigenvalue weighted by molar-refractivity contribution is 0.0684. The molecule has 0 saturated carbocycles. The molecule has 1 aliphatic rings. The maximum atomic E-state index is 5.93. The van der Waals surface area contributed by atoms with E-state index in [1.165, 1.54) is 5.56 Å².